The zero-order valence-electron chi connectivity index (χ0n) is 18.8. The first kappa shape index (κ1) is 22.5. The number of amides is 2. The number of hydrogen-bond donors (Lipinski definition) is 1. The number of carbonyl (C=O) groups is 2. The summed E-state index contributed by atoms with van der Waals surface area (Å²) in [7, 11) is 0. The van der Waals surface area contributed by atoms with Gasteiger partial charge in [0.2, 0.25) is 0 Å². The molecule has 1 fully saturated rings. The van der Waals surface area contributed by atoms with Crippen molar-refractivity contribution in [2.75, 3.05) is 28.8 Å². The largest absolute Gasteiger partial charge is 0.444 e. The Labute approximate surface area is 190 Å². The number of benzene rings is 2. The summed E-state index contributed by atoms with van der Waals surface area (Å²) in [4.78, 5) is 28.5. The van der Waals surface area contributed by atoms with Gasteiger partial charge in [0.25, 0.3) is 17.2 Å². The number of rotatable bonds is 4. The monoisotopic (exact) mass is 459 g/mol. The molecule has 0 radical (unpaired) electrons. The molecule has 4 rings (SSSR count). The van der Waals surface area contributed by atoms with Gasteiger partial charge in [0.15, 0.2) is 0 Å². The number of anilines is 2. The minimum absolute atomic E-state index is 0.0485. The Morgan fingerprint density at radius 1 is 1.22 bits per heavy atom. The Kier molecular flexibility index (Phi) is 5.89. The molecule has 0 aliphatic carbocycles. The Balaban J connectivity index is 1.63. The average molecular weight is 460 g/mol. The van der Waals surface area contributed by atoms with Crippen LogP contribution < -0.4 is 9.21 Å². The number of hydrogen-bond acceptors (Lipinski definition) is 4. The van der Waals surface area contributed by atoms with Gasteiger partial charge in [-0.3, -0.25) is 13.7 Å². The second-order valence-electron chi connectivity index (χ2n) is 9.14. The van der Waals surface area contributed by atoms with Crippen molar-refractivity contribution in [2.24, 2.45) is 0 Å². The van der Waals surface area contributed by atoms with Gasteiger partial charge in [-0.1, -0.05) is 12.1 Å². The van der Waals surface area contributed by atoms with Crippen LogP contribution in [0.1, 0.15) is 50.9 Å². The summed E-state index contributed by atoms with van der Waals surface area (Å²) in [6, 6.07) is 8.94. The number of ether oxygens (including phenoxy) is 1. The third-order valence-corrected chi connectivity index (χ3v) is 6.76. The van der Waals surface area contributed by atoms with E-state index in [1.807, 2.05) is 52.0 Å². The van der Waals surface area contributed by atoms with Crippen molar-refractivity contribution < 1.29 is 23.1 Å². The Morgan fingerprint density at radius 2 is 1.91 bits per heavy atom. The van der Waals surface area contributed by atoms with Crippen molar-refractivity contribution >= 4 is 45.4 Å². The predicted molar refractivity (Wildman–Crippen MR) is 125 cm³/mol. The molecule has 0 spiro atoms. The maximum atomic E-state index is 12.8. The lowest BCUT2D eigenvalue weighted by atomic mass is 10.0. The minimum Gasteiger partial charge on any atom is -0.444 e. The topological polar surface area (TPSA) is 90.4 Å². The zero-order chi connectivity index (χ0) is 23.2. The van der Waals surface area contributed by atoms with Crippen molar-refractivity contribution in [3.05, 3.63) is 35.9 Å². The smallest absolute Gasteiger partial charge is 0.410 e. The quantitative estimate of drug-likeness (QED) is 0.694. The van der Waals surface area contributed by atoms with Crippen molar-refractivity contribution in [2.45, 2.75) is 52.2 Å². The Morgan fingerprint density at radius 3 is 2.50 bits per heavy atom. The highest BCUT2D eigenvalue weighted by Gasteiger charge is 2.35. The van der Waals surface area contributed by atoms with Gasteiger partial charge in [0.1, 0.15) is 5.60 Å². The summed E-state index contributed by atoms with van der Waals surface area (Å²) in [5, 5.41) is 1.60. The maximum absolute atomic E-state index is 12.8. The summed E-state index contributed by atoms with van der Waals surface area (Å²) in [5.74, 6) is -0.0485. The van der Waals surface area contributed by atoms with E-state index in [4.69, 9.17) is 4.74 Å². The van der Waals surface area contributed by atoms with E-state index in [1.165, 1.54) is 4.31 Å². The van der Waals surface area contributed by atoms with Crippen molar-refractivity contribution in [3.8, 4) is 0 Å². The van der Waals surface area contributed by atoms with E-state index in [2.05, 4.69) is 0 Å². The fraction of sp³-hybridized carbons (Fsp3) is 0.478. The number of carbonyl (C=O) groups excluding carboxylic acids is 2. The normalized spacial score (nSPS) is 17.7. The van der Waals surface area contributed by atoms with Gasteiger partial charge in [-0.15, -0.1) is 0 Å². The molecule has 172 valence electrons. The van der Waals surface area contributed by atoms with Gasteiger partial charge in [-0.2, -0.15) is 0 Å². The molecule has 1 atom stereocenters. The second-order valence-corrected chi connectivity index (χ2v) is 9.99. The summed E-state index contributed by atoms with van der Waals surface area (Å²) in [5.41, 5.74) is 1.49. The van der Waals surface area contributed by atoms with Crippen LogP contribution in [0.5, 0.6) is 0 Å². The SMILES string of the molecule is CCN1C(=O)c2cccc3c(N(C4CCN(C(=O)OC(C)(C)C)CC4)S(=O)O)ccc1c23. The van der Waals surface area contributed by atoms with Crippen LogP contribution in [0.2, 0.25) is 0 Å². The van der Waals surface area contributed by atoms with Crippen LogP contribution in [0.3, 0.4) is 0 Å². The fourth-order valence-electron chi connectivity index (χ4n) is 4.55. The highest BCUT2D eigenvalue weighted by Crippen LogP contribution is 2.42. The third kappa shape index (κ3) is 3.95. The van der Waals surface area contributed by atoms with E-state index in [0.29, 0.717) is 43.7 Å². The predicted octanol–water partition coefficient (Wildman–Crippen LogP) is 4.16. The van der Waals surface area contributed by atoms with Crippen LogP contribution in [0, 0.1) is 0 Å². The third-order valence-electron chi connectivity index (χ3n) is 5.93. The van der Waals surface area contributed by atoms with E-state index >= 15 is 0 Å². The summed E-state index contributed by atoms with van der Waals surface area (Å²) in [6.07, 6.45) is 0.708. The number of likely N-dealkylation sites (tertiary alicyclic amines) is 1. The highest BCUT2D eigenvalue weighted by molar-refractivity contribution is 7.80. The number of nitrogens with zero attached hydrogens (tertiary/aromatic N) is 3. The lowest BCUT2D eigenvalue weighted by Gasteiger charge is -2.38. The van der Waals surface area contributed by atoms with Crippen LogP contribution in [0.4, 0.5) is 16.2 Å². The molecular weight excluding hydrogens is 430 g/mol. The van der Waals surface area contributed by atoms with Crippen LogP contribution in [0.15, 0.2) is 30.3 Å². The molecule has 8 nitrogen and oxygen atoms in total. The van der Waals surface area contributed by atoms with E-state index in [-0.39, 0.29) is 18.0 Å². The molecule has 0 aromatic heterocycles. The molecule has 2 amide bonds. The Hall–Kier alpha value is -2.65. The molecule has 1 saturated heterocycles. The van der Waals surface area contributed by atoms with E-state index in [1.54, 1.807) is 15.9 Å². The molecule has 9 heteroatoms. The molecule has 32 heavy (non-hydrogen) atoms. The first-order valence-corrected chi connectivity index (χ1v) is 11.9. The zero-order valence-corrected chi connectivity index (χ0v) is 19.6. The van der Waals surface area contributed by atoms with Crippen molar-refractivity contribution in [3.63, 3.8) is 0 Å². The standard InChI is InChI=1S/C23H29N3O5S/c1-5-25-19-10-9-18(16-7-6-8-17(20(16)19)21(25)27)26(32(29)30)15-11-13-24(14-12-15)22(28)31-23(2,3)4/h6-10,15H,5,11-14H2,1-4H3,(H,29,30). The molecule has 0 bridgehead atoms. The molecule has 2 aromatic carbocycles. The molecule has 2 aliphatic heterocycles. The van der Waals surface area contributed by atoms with Gasteiger partial charge in [-0.25, -0.2) is 9.00 Å². The van der Waals surface area contributed by atoms with Gasteiger partial charge >= 0.3 is 6.09 Å². The average Bonchev–Trinajstić information content (AvgIpc) is 3.01. The Bertz CT molecular complexity index is 1090. The van der Waals surface area contributed by atoms with Crippen molar-refractivity contribution in [1.29, 1.82) is 0 Å². The van der Waals surface area contributed by atoms with Crippen molar-refractivity contribution in [1.82, 2.24) is 4.90 Å². The van der Waals surface area contributed by atoms with E-state index < -0.39 is 16.9 Å². The van der Waals surface area contributed by atoms with Crippen LogP contribution >= 0.6 is 0 Å². The van der Waals surface area contributed by atoms with Crippen LogP contribution in [0.25, 0.3) is 10.8 Å². The molecule has 2 aliphatic rings. The molecular formula is C23H29N3O5S. The molecule has 1 N–H and O–H groups in total. The molecule has 0 saturated carbocycles. The maximum Gasteiger partial charge on any atom is 0.410 e. The van der Waals surface area contributed by atoms with Gasteiger partial charge in [0.05, 0.1) is 11.4 Å². The van der Waals surface area contributed by atoms with E-state index in [9.17, 15) is 18.4 Å². The van der Waals surface area contributed by atoms with Gasteiger partial charge in [0, 0.05) is 42.0 Å². The van der Waals surface area contributed by atoms with Crippen LogP contribution in [-0.2, 0) is 16.0 Å². The van der Waals surface area contributed by atoms with Gasteiger partial charge in [-0.05, 0) is 58.7 Å². The molecule has 1 unspecified atom stereocenters. The number of piperidine rings is 1. The first-order valence-electron chi connectivity index (χ1n) is 10.9. The second kappa shape index (κ2) is 8.37. The summed E-state index contributed by atoms with van der Waals surface area (Å²) < 4.78 is 29.7. The lowest BCUT2D eigenvalue weighted by molar-refractivity contribution is 0.0207. The highest BCUT2D eigenvalue weighted by atomic mass is 32.2. The summed E-state index contributed by atoms with van der Waals surface area (Å²) in [6.45, 7) is 8.85. The summed E-state index contributed by atoms with van der Waals surface area (Å²) >= 11 is -2.26. The van der Waals surface area contributed by atoms with E-state index in [0.717, 1.165) is 16.5 Å². The van der Waals surface area contributed by atoms with Crippen LogP contribution in [-0.4, -0.2) is 56.9 Å². The first-order chi connectivity index (χ1) is 15.1. The minimum atomic E-state index is -2.26. The molecule has 2 heterocycles. The molecule has 2 aromatic rings. The fourth-order valence-corrected chi connectivity index (χ4v) is 5.35. The van der Waals surface area contributed by atoms with Gasteiger partial charge < -0.3 is 14.5 Å². The lowest BCUT2D eigenvalue weighted by Crippen LogP contribution is -2.48.